The van der Waals surface area contributed by atoms with Crippen LogP contribution in [0.2, 0.25) is 0 Å². The molecule has 5 aromatic carbocycles. The normalized spacial score (nSPS) is 12.6. The van der Waals surface area contributed by atoms with Crippen LogP contribution in [0.1, 0.15) is 0 Å². The smallest absolute Gasteiger partial charge is 0.0724 e. The lowest BCUT2D eigenvalue weighted by Crippen LogP contribution is -2.15. The highest BCUT2D eigenvalue weighted by Crippen LogP contribution is 2.54. The zero-order valence-electron chi connectivity index (χ0n) is 18.2. The van der Waals surface area contributed by atoms with E-state index in [1.807, 2.05) is 23.7 Å². The molecule has 0 saturated carbocycles. The van der Waals surface area contributed by atoms with Crippen LogP contribution in [0.5, 0.6) is 0 Å². The third-order valence-corrected chi connectivity index (χ3v) is 8.18. The molecule has 0 bridgehead atoms. The van der Waals surface area contributed by atoms with Gasteiger partial charge in [0, 0.05) is 42.7 Å². The third-order valence-electron chi connectivity index (χ3n) is 7.06. The first-order valence-electron chi connectivity index (χ1n) is 11.5. The first-order valence-corrected chi connectivity index (χ1v) is 12.3. The minimum absolute atomic E-state index is 1.12. The molecular formula is C31H18N2S. The van der Waals surface area contributed by atoms with Gasteiger partial charge in [0.25, 0.3) is 0 Å². The molecule has 0 saturated heterocycles. The first-order chi connectivity index (χ1) is 16.9. The van der Waals surface area contributed by atoms with Gasteiger partial charge in [0.2, 0.25) is 0 Å². The van der Waals surface area contributed by atoms with Gasteiger partial charge in [-0.05, 0) is 46.7 Å². The molecule has 34 heavy (non-hydrogen) atoms. The maximum atomic E-state index is 4.55. The SMILES string of the molecule is c1ccc2c(N3c4cnccc4-c4cc5sc6ccccc6c5c5cccc3c45)cccc2c1. The summed E-state index contributed by atoms with van der Waals surface area (Å²) in [5, 5.41) is 7.80. The Labute approximate surface area is 200 Å². The van der Waals surface area contributed by atoms with Crippen molar-refractivity contribution < 1.29 is 0 Å². The van der Waals surface area contributed by atoms with Gasteiger partial charge < -0.3 is 4.90 Å². The van der Waals surface area contributed by atoms with Crippen molar-refractivity contribution >= 4 is 70.1 Å². The highest BCUT2D eigenvalue weighted by atomic mass is 32.1. The number of benzene rings is 5. The van der Waals surface area contributed by atoms with Gasteiger partial charge in [-0.2, -0.15) is 0 Å². The second-order valence-electron chi connectivity index (χ2n) is 8.82. The fourth-order valence-corrected chi connectivity index (χ4v) is 6.82. The van der Waals surface area contributed by atoms with Crippen molar-refractivity contribution in [1.82, 2.24) is 4.98 Å². The van der Waals surface area contributed by atoms with E-state index in [0.717, 1.165) is 5.69 Å². The summed E-state index contributed by atoms with van der Waals surface area (Å²) in [6, 6.07) is 35.2. The Morgan fingerprint density at radius 2 is 1.32 bits per heavy atom. The van der Waals surface area contributed by atoms with Crippen LogP contribution in [0.3, 0.4) is 0 Å². The number of hydrogen-bond acceptors (Lipinski definition) is 3. The van der Waals surface area contributed by atoms with Gasteiger partial charge in [0.1, 0.15) is 0 Å². The largest absolute Gasteiger partial charge is 0.307 e. The van der Waals surface area contributed by atoms with E-state index in [-0.39, 0.29) is 0 Å². The van der Waals surface area contributed by atoms with Crippen molar-refractivity contribution in [2.24, 2.45) is 0 Å². The number of nitrogens with zero attached hydrogens (tertiary/aromatic N) is 2. The van der Waals surface area contributed by atoms with Crippen molar-refractivity contribution in [3.8, 4) is 11.1 Å². The lowest BCUT2D eigenvalue weighted by atomic mass is 9.89. The van der Waals surface area contributed by atoms with Gasteiger partial charge in [-0.15, -0.1) is 11.3 Å². The minimum Gasteiger partial charge on any atom is -0.307 e. The van der Waals surface area contributed by atoms with E-state index in [2.05, 4.69) is 107 Å². The van der Waals surface area contributed by atoms with Gasteiger partial charge in [0.15, 0.2) is 0 Å². The molecule has 0 N–H and O–H groups in total. The van der Waals surface area contributed by atoms with Crippen LogP contribution in [0.4, 0.5) is 17.1 Å². The second-order valence-corrected chi connectivity index (χ2v) is 9.91. The Hall–Kier alpha value is -4.21. The monoisotopic (exact) mass is 450 g/mol. The van der Waals surface area contributed by atoms with Crippen LogP contribution >= 0.6 is 11.3 Å². The lowest BCUT2D eigenvalue weighted by molar-refractivity contribution is 1.24. The molecule has 8 rings (SSSR count). The number of hydrogen-bond donors (Lipinski definition) is 0. The Bertz CT molecular complexity index is 1930. The summed E-state index contributed by atoms with van der Waals surface area (Å²) >= 11 is 1.88. The molecule has 1 aliphatic heterocycles. The Morgan fingerprint density at radius 3 is 2.29 bits per heavy atom. The molecule has 2 aromatic heterocycles. The molecule has 2 nitrogen and oxygen atoms in total. The first kappa shape index (κ1) is 18.2. The van der Waals surface area contributed by atoms with E-state index < -0.39 is 0 Å². The van der Waals surface area contributed by atoms with Crippen LogP contribution in [-0.4, -0.2) is 4.98 Å². The summed E-state index contributed by atoms with van der Waals surface area (Å²) in [6.45, 7) is 0. The van der Waals surface area contributed by atoms with Crippen molar-refractivity contribution in [2.45, 2.75) is 0 Å². The molecule has 3 heterocycles. The zero-order valence-corrected chi connectivity index (χ0v) is 19.0. The van der Waals surface area contributed by atoms with Crippen LogP contribution < -0.4 is 4.90 Å². The quantitative estimate of drug-likeness (QED) is 0.248. The summed E-state index contributed by atoms with van der Waals surface area (Å²) in [6.07, 6.45) is 3.92. The van der Waals surface area contributed by atoms with Crippen molar-refractivity contribution in [3.63, 3.8) is 0 Å². The van der Waals surface area contributed by atoms with Crippen LogP contribution in [0.25, 0.3) is 52.8 Å². The Balaban J connectivity index is 1.58. The molecule has 0 unspecified atom stereocenters. The summed E-state index contributed by atoms with van der Waals surface area (Å²) < 4.78 is 2.67. The zero-order chi connectivity index (χ0) is 22.2. The number of rotatable bonds is 1. The Morgan fingerprint density at radius 1 is 0.559 bits per heavy atom. The number of aromatic nitrogens is 1. The standard InChI is InChI=1S/C31H18N2S/c1-2-9-20-19(7-1)8-5-12-25(20)33-26-13-6-11-23-30(26)24(21-15-16-32-18-27(21)33)17-29-31(23)22-10-3-4-14-28(22)34-29/h1-18H. The van der Waals surface area contributed by atoms with Gasteiger partial charge in [0.05, 0.1) is 23.3 Å². The molecule has 158 valence electrons. The molecule has 1 aliphatic rings. The van der Waals surface area contributed by atoms with Crippen molar-refractivity contribution in [3.05, 3.63) is 109 Å². The average molecular weight is 451 g/mol. The van der Waals surface area contributed by atoms with E-state index in [4.69, 9.17) is 0 Å². The number of fused-ring (bicyclic) bond motifs is 7. The summed E-state index contributed by atoms with van der Waals surface area (Å²) in [4.78, 5) is 6.95. The van der Waals surface area contributed by atoms with E-state index >= 15 is 0 Å². The number of anilines is 3. The molecule has 0 fully saturated rings. The predicted molar refractivity (Wildman–Crippen MR) is 146 cm³/mol. The fraction of sp³-hybridized carbons (Fsp3) is 0. The number of thiophene rings is 1. The lowest BCUT2D eigenvalue weighted by Gasteiger charge is -2.34. The molecule has 0 aliphatic carbocycles. The highest BCUT2D eigenvalue weighted by Gasteiger charge is 2.28. The van der Waals surface area contributed by atoms with Crippen LogP contribution in [0, 0.1) is 0 Å². The van der Waals surface area contributed by atoms with Crippen molar-refractivity contribution in [1.29, 1.82) is 0 Å². The summed E-state index contributed by atoms with van der Waals surface area (Å²) in [5.74, 6) is 0. The van der Waals surface area contributed by atoms with Crippen LogP contribution in [-0.2, 0) is 0 Å². The minimum atomic E-state index is 1.12. The molecule has 0 atom stereocenters. The third kappa shape index (κ3) is 2.32. The van der Waals surface area contributed by atoms with E-state index in [1.165, 1.54) is 64.2 Å². The predicted octanol–water partition coefficient (Wildman–Crippen LogP) is 9.21. The molecule has 0 radical (unpaired) electrons. The second kappa shape index (κ2) is 6.66. The van der Waals surface area contributed by atoms with E-state index in [9.17, 15) is 0 Å². The van der Waals surface area contributed by atoms with E-state index in [1.54, 1.807) is 0 Å². The molecule has 3 heteroatoms. The molecule has 0 amide bonds. The molecule has 7 aromatic rings. The van der Waals surface area contributed by atoms with Crippen molar-refractivity contribution in [2.75, 3.05) is 4.90 Å². The van der Waals surface area contributed by atoms with Crippen LogP contribution in [0.15, 0.2) is 109 Å². The van der Waals surface area contributed by atoms with Gasteiger partial charge in [-0.1, -0.05) is 66.7 Å². The highest BCUT2D eigenvalue weighted by molar-refractivity contribution is 7.26. The maximum Gasteiger partial charge on any atom is 0.0724 e. The summed E-state index contributed by atoms with van der Waals surface area (Å²) in [5.41, 5.74) is 6.03. The summed E-state index contributed by atoms with van der Waals surface area (Å²) in [7, 11) is 0. The number of pyridine rings is 1. The topological polar surface area (TPSA) is 16.1 Å². The van der Waals surface area contributed by atoms with Gasteiger partial charge in [-0.25, -0.2) is 0 Å². The molecular weight excluding hydrogens is 432 g/mol. The Kier molecular flexibility index (Phi) is 3.57. The van der Waals surface area contributed by atoms with Gasteiger partial charge >= 0.3 is 0 Å². The van der Waals surface area contributed by atoms with Gasteiger partial charge in [-0.3, -0.25) is 4.98 Å². The fourth-order valence-electron chi connectivity index (χ4n) is 5.66. The van der Waals surface area contributed by atoms with E-state index in [0.29, 0.717) is 0 Å². The maximum absolute atomic E-state index is 4.55. The average Bonchev–Trinajstić information content (AvgIpc) is 3.27. The molecule has 0 spiro atoms.